The first kappa shape index (κ1) is 20.1. The van der Waals surface area contributed by atoms with E-state index in [0.717, 1.165) is 16.5 Å². The summed E-state index contributed by atoms with van der Waals surface area (Å²) in [6, 6.07) is 15.9. The van der Waals surface area contributed by atoms with Crippen LogP contribution < -0.4 is 10.4 Å². The molecule has 0 aliphatic rings. The smallest absolute Gasteiger partial charge is 0.344 e. The Balaban J connectivity index is 1.49. The quantitative estimate of drug-likeness (QED) is 0.452. The molecule has 0 spiro atoms. The molecule has 7 nitrogen and oxygen atoms in total. The summed E-state index contributed by atoms with van der Waals surface area (Å²) in [6.45, 7) is 1.51. The first-order valence-corrected chi connectivity index (χ1v) is 9.03. The summed E-state index contributed by atoms with van der Waals surface area (Å²) < 4.78 is 15.5. The number of hydrogen-bond acceptors (Lipinski definition) is 6. The van der Waals surface area contributed by atoms with Gasteiger partial charge >= 0.3 is 11.6 Å². The molecule has 0 aliphatic heterocycles. The molecular formula is C22H21NO6. The SMILES string of the molecule is Cc1cc(=O)oc2cc(OCC(=O)OCC(=O)N(C)Cc3ccccc3)ccc12. The maximum Gasteiger partial charge on any atom is 0.344 e. The number of carbonyl (C=O) groups is 2. The fourth-order valence-corrected chi connectivity index (χ4v) is 2.78. The predicted molar refractivity (Wildman–Crippen MR) is 107 cm³/mol. The zero-order valence-electron chi connectivity index (χ0n) is 16.2. The van der Waals surface area contributed by atoms with E-state index in [1.54, 1.807) is 19.2 Å². The lowest BCUT2D eigenvalue weighted by atomic mass is 10.1. The van der Waals surface area contributed by atoms with Crippen molar-refractivity contribution in [1.29, 1.82) is 0 Å². The van der Waals surface area contributed by atoms with Crippen LogP contribution in [0, 0.1) is 6.92 Å². The molecule has 29 heavy (non-hydrogen) atoms. The summed E-state index contributed by atoms with van der Waals surface area (Å²) in [4.78, 5) is 37.0. The van der Waals surface area contributed by atoms with Gasteiger partial charge in [-0.2, -0.15) is 0 Å². The lowest BCUT2D eigenvalue weighted by molar-refractivity contribution is -0.153. The molecule has 0 unspecified atom stereocenters. The van der Waals surface area contributed by atoms with Gasteiger partial charge in [0.15, 0.2) is 13.2 Å². The van der Waals surface area contributed by atoms with E-state index in [1.165, 1.54) is 17.0 Å². The van der Waals surface area contributed by atoms with E-state index in [0.29, 0.717) is 17.9 Å². The molecule has 0 atom stereocenters. The first-order valence-electron chi connectivity index (χ1n) is 9.03. The molecule has 0 bridgehead atoms. The zero-order chi connectivity index (χ0) is 20.8. The standard InChI is InChI=1S/C22H21NO6/c1-15-10-21(25)29-19-11-17(8-9-18(15)19)27-14-22(26)28-13-20(24)23(2)12-16-6-4-3-5-7-16/h3-11H,12-14H2,1-2H3. The third-order valence-electron chi connectivity index (χ3n) is 4.32. The molecule has 7 heteroatoms. The van der Waals surface area contributed by atoms with Crippen LogP contribution in [0.2, 0.25) is 0 Å². The lowest BCUT2D eigenvalue weighted by Gasteiger charge is -2.17. The van der Waals surface area contributed by atoms with Crippen LogP contribution in [0.5, 0.6) is 5.75 Å². The summed E-state index contributed by atoms with van der Waals surface area (Å²) in [5.74, 6) is -0.627. The van der Waals surface area contributed by atoms with Crippen LogP contribution in [-0.2, 0) is 20.9 Å². The molecule has 0 radical (unpaired) electrons. The second kappa shape index (κ2) is 9.05. The van der Waals surface area contributed by atoms with Crippen LogP contribution in [0.4, 0.5) is 0 Å². The number of rotatable bonds is 7. The minimum atomic E-state index is -0.669. The Hall–Kier alpha value is -3.61. The van der Waals surface area contributed by atoms with Crippen molar-refractivity contribution in [3.05, 3.63) is 76.1 Å². The molecule has 3 aromatic rings. The van der Waals surface area contributed by atoms with Crippen LogP contribution in [0.15, 0.2) is 63.8 Å². The molecule has 2 aromatic carbocycles. The van der Waals surface area contributed by atoms with E-state index in [4.69, 9.17) is 13.9 Å². The van der Waals surface area contributed by atoms with Crippen molar-refractivity contribution in [2.45, 2.75) is 13.5 Å². The number of aryl methyl sites for hydroxylation is 1. The van der Waals surface area contributed by atoms with Gasteiger partial charge in [-0.05, 0) is 30.2 Å². The summed E-state index contributed by atoms with van der Waals surface area (Å²) in [5, 5.41) is 0.784. The first-order chi connectivity index (χ1) is 13.9. The third kappa shape index (κ3) is 5.44. The average Bonchev–Trinajstić information content (AvgIpc) is 2.70. The number of hydrogen-bond donors (Lipinski definition) is 0. The maximum atomic E-state index is 12.1. The van der Waals surface area contributed by atoms with Crippen LogP contribution in [0.25, 0.3) is 11.0 Å². The van der Waals surface area contributed by atoms with Crippen LogP contribution >= 0.6 is 0 Å². The van der Waals surface area contributed by atoms with E-state index in [9.17, 15) is 14.4 Å². The molecular weight excluding hydrogens is 374 g/mol. The zero-order valence-corrected chi connectivity index (χ0v) is 16.2. The molecule has 3 rings (SSSR count). The molecule has 0 saturated heterocycles. The number of likely N-dealkylation sites (N-methyl/N-ethyl adjacent to an activating group) is 1. The highest BCUT2D eigenvalue weighted by atomic mass is 16.6. The maximum absolute atomic E-state index is 12.1. The number of fused-ring (bicyclic) bond motifs is 1. The topological polar surface area (TPSA) is 86.0 Å². The fraction of sp³-hybridized carbons (Fsp3) is 0.227. The van der Waals surface area contributed by atoms with Crippen molar-refractivity contribution < 1.29 is 23.5 Å². The molecule has 0 N–H and O–H groups in total. The highest BCUT2D eigenvalue weighted by Gasteiger charge is 2.13. The van der Waals surface area contributed by atoms with Gasteiger partial charge in [-0.1, -0.05) is 30.3 Å². The van der Waals surface area contributed by atoms with Crippen molar-refractivity contribution in [3.8, 4) is 5.75 Å². The Morgan fingerprint density at radius 1 is 1.03 bits per heavy atom. The highest BCUT2D eigenvalue weighted by molar-refractivity contribution is 5.82. The molecule has 1 heterocycles. The summed E-state index contributed by atoms with van der Waals surface area (Å²) in [5.41, 5.74) is 1.69. The van der Waals surface area contributed by atoms with Crippen molar-refractivity contribution in [3.63, 3.8) is 0 Å². The summed E-state index contributed by atoms with van der Waals surface area (Å²) in [7, 11) is 1.64. The Labute approximate surface area is 167 Å². The van der Waals surface area contributed by atoms with Gasteiger partial charge in [0.1, 0.15) is 11.3 Å². The summed E-state index contributed by atoms with van der Waals surface area (Å²) in [6.07, 6.45) is 0. The molecule has 0 fully saturated rings. The molecule has 150 valence electrons. The fourth-order valence-electron chi connectivity index (χ4n) is 2.78. The van der Waals surface area contributed by atoms with E-state index in [1.807, 2.05) is 37.3 Å². The number of nitrogens with zero attached hydrogens (tertiary/aromatic N) is 1. The van der Waals surface area contributed by atoms with Crippen LogP contribution in [0.3, 0.4) is 0 Å². The van der Waals surface area contributed by atoms with Crippen molar-refractivity contribution in [2.24, 2.45) is 0 Å². The number of amides is 1. The van der Waals surface area contributed by atoms with Gasteiger partial charge in [0.05, 0.1) is 0 Å². The third-order valence-corrected chi connectivity index (χ3v) is 4.32. The van der Waals surface area contributed by atoms with E-state index in [2.05, 4.69) is 0 Å². The van der Waals surface area contributed by atoms with E-state index >= 15 is 0 Å². The lowest BCUT2D eigenvalue weighted by Crippen LogP contribution is -2.31. The van der Waals surface area contributed by atoms with Gasteiger partial charge in [-0.15, -0.1) is 0 Å². The van der Waals surface area contributed by atoms with Crippen LogP contribution in [0.1, 0.15) is 11.1 Å². The van der Waals surface area contributed by atoms with Gasteiger partial charge in [0.25, 0.3) is 5.91 Å². The van der Waals surface area contributed by atoms with Crippen LogP contribution in [-0.4, -0.2) is 37.0 Å². The number of carbonyl (C=O) groups excluding carboxylic acids is 2. The minimum Gasteiger partial charge on any atom is -0.482 e. The normalized spacial score (nSPS) is 10.6. The minimum absolute atomic E-state index is 0.315. The van der Waals surface area contributed by atoms with Gasteiger partial charge < -0.3 is 18.8 Å². The van der Waals surface area contributed by atoms with E-state index in [-0.39, 0.29) is 19.1 Å². The molecule has 0 saturated carbocycles. The van der Waals surface area contributed by atoms with Crippen molar-refractivity contribution >= 4 is 22.8 Å². The second-order valence-electron chi connectivity index (χ2n) is 6.59. The molecule has 1 aromatic heterocycles. The van der Waals surface area contributed by atoms with Gasteiger partial charge in [-0.25, -0.2) is 9.59 Å². The Morgan fingerprint density at radius 3 is 2.55 bits per heavy atom. The van der Waals surface area contributed by atoms with E-state index < -0.39 is 11.6 Å². The monoisotopic (exact) mass is 395 g/mol. The Morgan fingerprint density at radius 2 is 1.79 bits per heavy atom. The predicted octanol–water partition coefficient (Wildman–Crippen LogP) is 2.68. The van der Waals surface area contributed by atoms with Crippen molar-refractivity contribution in [1.82, 2.24) is 4.90 Å². The molecule has 0 aliphatic carbocycles. The van der Waals surface area contributed by atoms with Gasteiger partial charge in [0, 0.05) is 31.1 Å². The second-order valence-corrected chi connectivity index (χ2v) is 6.59. The average molecular weight is 395 g/mol. The van der Waals surface area contributed by atoms with Crippen molar-refractivity contribution in [2.75, 3.05) is 20.3 Å². The Kier molecular flexibility index (Phi) is 6.29. The summed E-state index contributed by atoms with van der Waals surface area (Å²) >= 11 is 0. The Bertz CT molecular complexity index is 1070. The number of esters is 1. The largest absolute Gasteiger partial charge is 0.482 e. The number of benzene rings is 2. The highest BCUT2D eigenvalue weighted by Crippen LogP contribution is 2.22. The molecule has 1 amide bonds. The van der Waals surface area contributed by atoms with Gasteiger partial charge in [0.2, 0.25) is 0 Å². The van der Waals surface area contributed by atoms with Gasteiger partial charge in [-0.3, -0.25) is 4.79 Å². The number of ether oxygens (including phenoxy) is 2.